The van der Waals surface area contributed by atoms with E-state index >= 15 is 0 Å². The van der Waals surface area contributed by atoms with Crippen LogP contribution in [0.3, 0.4) is 0 Å². The summed E-state index contributed by atoms with van der Waals surface area (Å²) in [5.74, 6) is 0.372. The highest BCUT2D eigenvalue weighted by molar-refractivity contribution is 7.80. The highest BCUT2D eigenvalue weighted by Crippen LogP contribution is 2.31. The van der Waals surface area contributed by atoms with Gasteiger partial charge in [0.1, 0.15) is 23.5 Å². The molecule has 2 aromatic carbocycles. The summed E-state index contributed by atoms with van der Waals surface area (Å²) in [5.41, 5.74) is 6.54. The SMILES string of the molecule is COc1ccc(/C=C(\C#N)C(N)=S)cc1OCc1c(F)cccc1Cl. The fourth-order valence-corrected chi connectivity index (χ4v) is 2.36. The van der Waals surface area contributed by atoms with Crippen LogP contribution in [0.1, 0.15) is 11.1 Å². The van der Waals surface area contributed by atoms with Crippen molar-refractivity contribution in [2.45, 2.75) is 6.61 Å². The van der Waals surface area contributed by atoms with E-state index in [1.54, 1.807) is 24.3 Å². The van der Waals surface area contributed by atoms with Gasteiger partial charge in [-0.05, 0) is 35.9 Å². The van der Waals surface area contributed by atoms with Gasteiger partial charge in [0, 0.05) is 5.56 Å². The molecule has 0 saturated carbocycles. The van der Waals surface area contributed by atoms with Crippen LogP contribution in [0.4, 0.5) is 4.39 Å². The quantitative estimate of drug-likeness (QED) is 0.463. The molecule has 2 aromatic rings. The average molecular weight is 377 g/mol. The molecule has 25 heavy (non-hydrogen) atoms. The Balaban J connectivity index is 2.32. The van der Waals surface area contributed by atoms with Crippen LogP contribution in [0.5, 0.6) is 11.5 Å². The number of methoxy groups -OCH3 is 1. The highest BCUT2D eigenvalue weighted by Gasteiger charge is 2.11. The predicted molar refractivity (Wildman–Crippen MR) is 99.1 cm³/mol. The number of halogens is 2. The van der Waals surface area contributed by atoms with Gasteiger partial charge in [0.05, 0.1) is 17.7 Å². The lowest BCUT2D eigenvalue weighted by Gasteiger charge is -2.13. The molecule has 0 aliphatic carbocycles. The first-order valence-corrected chi connectivity index (χ1v) is 7.90. The Labute approximate surface area is 155 Å². The molecule has 0 aliphatic rings. The van der Waals surface area contributed by atoms with E-state index < -0.39 is 5.82 Å². The maximum absolute atomic E-state index is 13.9. The molecular weight excluding hydrogens is 363 g/mol. The fourth-order valence-electron chi connectivity index (χ4n) is 2.04. The average Bonchev–Trinajstić information content (AvgIpc) is 2.59. The second-order valence-electron chi connectivity index (χ2n) is 4.93. The Morgan fingerprint density at radius 2 is 2.12 bits per heavy atom. The van der Waals surface area contributed by atoms with E-state index in [4.69, 9.17) is 44.3 Å². The number of benzene rings is 2. The Morgan fingerprint density at radius 1 is 1.36 bits per heavy atom. The Bertz CT molecular complexity index is 858. The van der Waals surface area contributed by atoms with Gasteiger partial charge < -0.3 is 15.2 Å². The largest absolute Gasteiger partial charge is 0.493 e. The molecular formula is C18H14ClFN2O2S. The second kappa shape index (κ2) is 8.47. The normalized spacial score (nSPS) is 10.9. The van der Waals surface area contributed by atoms with Crippen LogP contribution in [-0.4, -0.2) is 12.1 Å². The zero-order chi connectivity index (χ0) is 18.4. The van der Waals surface area contributed by atoms with Crippen molar-refractivity contribution >= 4 is 34.9 Å². The number of nitriles is 1. The van der Waals surface area contributed by atoms with Gasteiger partial charge in [-0.2, -0.15) is 5.26 Å². The van der Waals surface area contributed by atoms with Crippen molar-refractivity contribution in [3.8, 4) is 17.6 Å². The molecule has 0 bridgehead atoms. The molecule has 0 radical (unpaired) electrons. The number of thiocarbonyl (C=S) groups is 1. The van der Waals surface area contributed by atoms with Crippen LogP contribution >= 0.6 is 23.8 Å². The summed E-state index contributed by atoms with van der Waals surface area (Å²) in [6.07, 6.45) is 1.53. The number of nitrogens with zero attached hydrogens (tertiary/aromatic N) is 1. The molecule has 0 spiro atoms. The smallest absolute Gasteiger partial charge is 0.162 e. The van der Waals surface area contributed by atoms with Crippen molar-refractivity contribution in [2.75, 3.05) is 7.11 Å². The summed E-state index contributed by atoms with van der Waals surface area (Å²) in [6, 6.07) is 11.4. The van der Waals surface area contributed by atoms with Crippen LogP contribution in [0.2, 0.25) is 5.02 Å². The molecule has 4 nitrogen and oxygen atoms in total. The van der Waals surface area contributed by atoms with Crippen molar-refractivity contribution in [1.29, 1.82) is 5.26 Å². The summed E-state index contributed by atoms with van der Waals surface area (Å²) >= 11 is 10.8. The minimum Gasteiger partial charge on any atom is -0.493 e. The standard InChI is InChI=1S/C18H14ClFN2O2S/c1-23-16-6-5-11(7-12(9-21)18(22)25)8-17(16)24-10-13-14(19)3-2-4-15(13)20/h2-8H,10H2,1H3,(H2,22,25)/b12-7+. The lowest BCUT2D eigenvalue weighted by atomic mass is 10.1. The Hall–Kier alpha value is -2.62. The molecule has 0 atom stereocenters. The van der Waals surface area contributed by atoms with Gasteiger partial charge in [-0.1, -0.05) is 36.0 Å². The van der Waals surface area contributed by atoms with Gasteiger partial charge >= 0.3 is 0 Å². The first kappa shape index (κ1) is 18.7. The van der Waals surface area contributed by atoms with Gasteiger partial charge in [-0.3, -0.25) is 0 Å². The first-order valence-electron chi connectivity index (χ1n) is 7.11. The van der Waals surface area contributed by atoms with Crippen molar-refractivity contribution in [3.05, 3.63) is 63.9 Å². The number of rotatable bonds is 6. The molecule has 0 fully saturated rings. The molecule has 0 amide bonds. The minimum absolute atomic E-state index is 0.000995. The van der Waals surface area contributed by atoms with Crippen LogP contribution < -0.4 is 15.2 Å². The molecule has 2 rings (SSSR count). The van der Waals surface area contributed by atoms with Crippen LogP contribution in [0.15, 0.2) is 42.0 Å². The van der Waals surface area contributed by atoms with E-state index in [0.29, 0.717) is 17.1 Å². The Kier molecular flexibility index (Phi) is 6.34. The van der Waals surface area contributed by atoms with Crippen molar-refractivity contribution < 1.29 is 13.9 Å². The lowest BCUT2D eigenvalue weighted by Crippen LogP contribution is -2.09. The zero-order valence-electron chi connectivity index (χ0n) is 13.3. The van der Waals surface area contributed by atoms with Crippen LogP contribution in [-0.2, 0) is 6.61 Å². The monoisotopic (exact) mass is 376 g/mol. The Morgan fingerprint density at radius 3 is 2.72 bits per heavy atom. The molecule has 0 saturated heterocycles. The molecule has 0 heterocycles. The molecule has 2 N–H and O–H groups in total. The number of hydrogen-bond acceptors (Lipinski definition) is 4. The summed E-state index contributed by atoms with van der Waals surface area (Å²) in [4.78, 5) is -0.000995. The third kappa shape index (κ3) is 4.69. The number of nitrogens with two attached hydrogens (primary N) is 1. The lowest BCUT2D eigenvalue weighted by molar-refractivity contribution is 0.280. The third-order valence-electron chi connectivity index (χ3n) is 3.32. The summed E-state index contributed by atoms with van der Waals surface area (Å²) in [5, 5.41) is 9.32. The predicted octanol–water partition coefficient (Wildman–Crippen LogP) is 4.26. The topological polar surface area (TPSA) is 68.3 Å². The van der Waals surface area contributed by atoms with Gasteiger partial charge in [-0.25, -0.2) is 4.39 Å². The van der Waals surface area contributed by atoms with E-state index in [9.17, 15) is 4.39 Å². The number of ether oxygens (including phenoxy) is 2. The maximum atomic E-state index is 13.9. The van der Waals surface area contributed by atoms with Gasteiger partial charge in [-0.15, -0.1) is 0 Å². The third-order valence-corrected chi connectivity index (χ3v) is 3.89. The summed E-state index contributed by atoms with van der Waals surface area (Å²) in [7, 11) is 1.49. The zero-order valence-corrected chi connectivity index (χ0v) is 14.8. The first-order chi connectivity index (χ1) is 12.0. The van der Waals surface area contributed by atoms with E-state index in [1.807, 2.05) is 6.07 Å². The fraction of sp³-hybridized carbons (Fsp3) is 0.111. The van der Waals surface area contributed by atoms with Crippen molar-refractivity contribution in [1.82, 2.24) is 0 Å². The molecule has 0 aromatic heterocycles. The van der Waals surface area contributed by atoms with Crippen molar-refractivity contribution in [3.63, 3.8) is 0 Å². The summed E-state index contributed by atoms with van der Waals surface area (Å²) < 4.78 is 24.8. The molecule has 7 heteroatoms. The second-order valence-corrected chi connectivity index (χ2v) is 5.78. The van der Waals surface area contributed by atoms with E-state index in [-0.39, 0.29) is 27.8 Å². The minimum atomic E-state index is -0.456. The van der Waals surface area contributed by atoms with Crippen LogP contribution in [0.25, 0.3) is 6.08 Å². The van der Waals surface area contributed by atoms with Gasteiger partial charge in [0.2, 0.25) is 0 Å². The van der Waals surface area contributed by atoms with Gasteiger partial charge in [0.25, 0.3) is 0 Å². The van der Waals surface area contributed by atoms with E-state index in [0.717, 1.165) is 0 Å². The number of hydrogen-bond donors (Lipinski definition) is 1. The molecule has 0 unspecified atom stereocenters. The van der Waals surface area contributed by atoms with Gasteiger partial charge in [0.15, 0.2) is 11.5 Å². The molecule has 0 aliphatic heterocycles. The van der Waals surface area contributed by atoms with E-state index in [2.05, 4.69) is 0 Å². The molecule has 128 valence electrons. The van der Waals surface area contributed by atoms with Crippen LogP contribution in [0, 0.1) is 17.1 Å². The van der Waals surface area contributed by atoms with Crippen molar-refractivity contribution in [2.24, 2.45) is 5.73 Å². The maximum Gasteiger partial charge on any atom is 0.162 e. The highest BCUT2D eigenvalue weighted by atomic mass is 35.5. The van der Waals surface area contributed by atoms with E-state index in [1.165, 1.54) is 25.3 Å². The summed E-state index contributed by atoms with van der Waals surface area (Å²) in [6.45, 7) is -0.0740.